The van der Waals surface area contributed by atoms with Crippen molar-refractivity contribution in [3.8, 4) is 0 Å². The van der Waals surface area contributed by atoms with Gasteiger partial charge in [-0.2, -0.15) is 0 Å². The van der Waals surface area contributed by atoms with Gasteiger partial charge in [0.05, 0.1) is 13.2 Å². The molecule has 0 saturated heterocycles. The van der Waals surface area contributed by atoms with Gasteiger partial charge in [-0.1, -0.05) is 0 Å². The molecule has 4 N–H and O–H groups in total. The van der Waals surface area contributed by atoms with Crippen LogP contribution in [0.5, 0.6) is 0 Å². The molecule has 0 spiro atoms. The second kappa shape index (κ2) is 15.9. The van der Waals surface area contributed by atoms with Crippen LogP contribution in [-0.4, -0.2) is 64.4 Å². The first-order valence-electron chi connectivity index (χ1n) is 4.20. The van der Waals surface area contributed by atoms with Crippen molar-refractivity contribution < 1.29 is 30.0 Å². The van der Waals surface area contributed by atoms with E-state index in [9.17, 15) is 9.59 Å². The summed E-state index contributed by atoms with van der Waals surface area (Å²) in [5.74, 6) is -1.74. The van der Waals surface area contributed by atoms with Crippen LogP contribution in [0.3, 0.4) is 0 Å². The van der Waals surface area contributed by atoms with Crippen LogP contribution in [0.15, 0.2) is 0 Å². The molecule has 0 heterocycles. The van der Waals surface area contributed by atoms with Crippen molar-refractivity contribution >= 4 is 30.8 Å². The molecular weight excluding hydrogens is 199 g/mol. The third kappa shape index (κ3) is 31.8. The van der Waals surface area contributed by atoms with Crippen molar-refractivity contribution in [3.63, 3.8) is 0 Å². The first-order valence-corrected chi connectivity index (χ1v) is 4.20. The Morgan fingerprint density at radius 1 is 0.800 bits per heavy atom. The van der Waals surface area contributed by atoms with Gasteiger partial charge >= 0.3 is 30.8 Å². The third-order valence-electron chi connectivity index (χ3n) is 1.13. The molecule has 0 fully saturated rings. The van der Waals surface area contributed by atoms with E-state index in [1.54, 1.807) is 0 Å². The first kappa shape index (κ1) is 19.9. The van der Waals surface area contributed by atoms with Gasteiger partial charge in [0.1, 0.15) is 0 Å². The summed E-state index contributed by atoms with van der Waals surface area (Å²) in [7, 11) is 0. The summed E-state index contributed by atoms with van der Waals surface area (Å²) in [6, 6.07) is 0. The summed E-state index contributed by atoms with van der Waals surface area (Å²) in [6.45, 7) is -0.250. The molecule has 0 aromatic heterocycles. The summed E-state index contributed by atoms with van der Waals surface area (Å²) in [6.07, 6.45) is 1.02. The Morgan fingerprint density at radius 3 is 1.20 bits per heavy atom. The van der Waals surface area contributed by atoms with Gasteiger partial charge in [0.25, 0.3) is 0 Å². The number of carboxylic acids is 2. The fourth-order valence-corrected chi connectivity index (χ4v) is 0.552. The molecule has 6 nitrogen and oxygen atoms in total. The van der Waals surface area contributed by atoms with Gasteiger partial charge in [0.15, 0.2) is 0 Å². The SMILES string of the molecule is O=C(O)CCCCC(=O)O.OCCO.[LiH]. The Morgan fingerprint density at radius 2 is 1.07 bits per heavy atom. The van der Waals surface area contributed by atoms with Crippen molar-refractivity contribution in [1.29, 1.82) is 0 Å². The van der Waals surface area contributed by atoms with E-state index in [-0.39, 0.29) is 44.9 Å². The number of carboxylic acid groups (broad SMARTS) is 2. The molecule has 0 radical (unpaired) electrons. The van der Waals surface area contributed by atoms with Crippen LogP contribution >= 0.6 is 0 Å². The Bertz CT molecular complexity index is 143. The zero-order valence-corrected chi connectivity index (χ0v) is 7.85. The molecule has 0 aromatic carbocycles. The number of aliphatic hydroxyl groups is 2. The van der Waals surface area contributed by atoms with E-state index in [1.165, 1.54) is 0 Å². The number of rotatable bonds is 6. The van der Waals surface area contributed by atoms with Crippen LogP contribution in [0.2, 0.25) is 0 Å². The fraction of sp³-hybridized carbons (Fsp3) is 0.750. The number of hydrogen-bond acceptors (Lipinski definition) is 4. The van der Waals surface area contributed by atoms with Crippen LogP contribution in [0.1, 0.15) is 25.7 Å². The predicted molar refractivity (Wildman–Crippen MR) is 55.1 cm³/mol. The average Bonchev–Trinajstić information content (AvgIpc) is 2.12. The molecule has 0 rings (SSSR count). The zero-order valence-electron chi connectivity index (χ0n) is 7.85. The Kier molecular flexibility index (Phi) is 21.2. The van der Waals surface area contributed by atoms with Crippen LogP contribution < -0.4 is 0 Å². The van der Waals surface area contributed by atoms with Gasteiger partial charge in [-0.25, -0.2) is 0 Å². The molecule has 0 atom stereocenters. The summed E-state index contributed by atoms with van der Waals surface area (Å²) in [5.41, 5.74) is 0. The molecule has 0 aliphatic carbocycles. The van der Waals surface area contributed by atoms with Gasteiger partial charge in [-0.3, -0.25) is 9.59 Å². The maximum absolute atomic E-state index is 9.90. The van der Waals surface area contributed by atoms with Gasteiger partial charge in [0, 0.05) is 12.8 Å². The summed E-state index contributed by atoms with van der Waals surface area (Å²) in [4.78, 5) is 19.8. The van der Waals surface area contributed by atoms with Crippen LogP contribution in [0, 0.1) is 0 Å². The first-order chi connectivity index (χ1) is 6.54. The molecule has 0 aromatic rings. The Hall–Kier alpha value is -0.543. The number of aliphatic carboxylic acids is 2. The number of carbonyl (C=O) groups is 2. The number of hydrogen-bond donors (Lipinski definition) is 4. The van der Waals surface area contributed by atoms with E-state index in [0.29, 0.717) is 12.8 Å². The van der Waals surface area contributed by atoms with Crippen molar-refractivity contribution in [1.82, 2.24) is 0 Å². The topological polar surface area (TPSA) is 115 Å². The Balaban J connectivity index is -0.000000249. The van der Waals surface area contributed by atoms with E-state index in [1.807, 2.05) is 0 Å². The van der Waals surface area contributed by atoms with Gasteiger partial charge in [-0.15, -0.1) is 0 Å². The van der Waals surface area contributed by atoms with Gasteiger partial charge < -0.3 is 20.4 Å². The fourth-order valence-electron chi connectivity index (χ4n) is 0.552. The molecule has 0 bridgehead atoms. The quantitative estimate of drug-likeness (QED) is 0.335. The molecule has 0 saturated carbocycles. The summed E-state index contributed by atoms with van der Waals surface area (Å²) < 4.78 is 0. The molecule has 15 heavy (non-hydrogen) atoms. The molecule has 0 unspecified atom stereocenters. The zero-order chi connectivity index (χ0) is 11.4. The van der Waals surface area contributed by atoms with Crippen LogP contribution in [0.25, 0.3) is 0 Å². The van der Waals surface area contributed by atoms with E-state index >= 15 is 0 Å². The van der Waals surface area contributed by atoms with Gasteiger partial charge in [-0.05, 0) is 12.8 Å². The summed E-state index contributed by atoms with van der Waals surface area (Å²) in [5, 5.41) is 31.5. The second-order valence-corrected chi connectivity index (χ2v) is 2.44. The minimum atomic E-state index is -0.870. The van der Waals surface area contributed by atoms with Crippen molar-refractivity contribution in [3.05, 3.63) is 0 Å². The molecule has 86 valence electrons. The van der Waals surface area contributed by atoms with Crippen LogP contribution in [0.4, 0.5) is 0 Å². The molecular formula is C8H17LiO6. The average molecular weight is 216 g/mol. The maximum atomic E-state index is 9.90. The Labute approximate surface area is 100 Å². The number of aliphatic hydroxyl groups excluding tert-OH is 2. The number of unbranched alkanes of at least 4 members (excludes halogenated alkanes) is 1. The standard InChI is InChI=1S/C6H10O4.C2H6O2.Li.H/c7-5(8)3-1-2-4-6(9)10;3-1-2-4;;/h1-4H2,(H,7,8)(H,9,10);3-4H,1-2H2;;. The normalized spacial score (nSPS) is 8.13. The molecule has 7 heteroatoms. The van der Waals surface area contributed by atoms with Crippen molar-refractivity contribution in [2.24, 2.45) is 0 Å². The van der Waals surface area contributed by atoms with E-state index in [0.717, 1.165) is 0 Å². The van der Waals surface area contributed by atoms with E-state index in [4.69, 9.17) is 20.4 Å². The minimum absolute atomic E-state index is 0. The predicted octanol–water partition coefficient (Wildman–Crippen LogP) is -0.962. The second-order valence-electron chi connectivity index (χ2n) is 2.44. The van der Waals surface area contributed by atoms with E-state index < -0.39 is 11.9 Å². The third-order valence-corrected chi connectivity index (χ3v) is 1.13. The van der Waals surface area contributed by atoms with E-state index in [2.05, 4.69) is 0 Å². The van der Waals surface area contributed by atoms with Crippen LogP contribution in [-0.2, 0) is 9.59 Å². The summed E-state index contributed by atoms with van der Waals surface area (Å²) >= 11 is 0. The molecule has 0 aliphatic heterocycles. The monoisotopic (exact) mass is 216 g/mol. The van der Waals surface area contributed by atoms with Crippen molar-refractivity contribution in [2.75, 3.05) is 13.2 Å². The molecule has 0 amide bonds. The van der Waals surface area contributed by atoms with Gasteiger partial charge in [0.2, 0.25) is 0 Å². The molecule has 0 aliphatic rings. The van der Waals surface area contributed by atoms with Crippen molar-refractivity contribution in [2.45, 2.75) is 25.7 Å².